The van der Waals surface area contributed by atoms with E-state index < -0.39 is 22.9 Å². The first-order valence-corrected chi connectivity index (χ1v) is 8.24. The van der Waals surface area contributed by atoms with E-state index in [0.717, 1.165) is 4.90 Å². The molecular formula is C16H20BrNO5. The number of carbonyl (C=O) groups excluding carboxylic acids is 2. The van der Waals surface area contributed by atoms with Gasteiger partial charge in [0.1, 0.15) is 23.3 Å². The number of hydrogen-bond donors (Lipinski definition) is 1. The van der Waals surface area contributed by atoms with Crippen molar-refractivity contribution in [3.05, 3.63) is 29.8 Å². The van der Waals surface area contributed by atoms with E-state index in [1.165, 1.54) is 0 Å². The number of halogens is 1. The van der Waals surface area contributed by atoms with Crippen LogP contribution >= 0.6 is 15.9 Å². The van der Waals surface area contributed by atoms with Crippen LogP contribution in [-0.4, -0.2) is 46.6 Å². The molecule has 0 spiro atoms. The average Bonchev–Trinajstić information content (AvgIpc) is 2.94. The molecule has 0 bridgehead atoms. The van der Waals surface area contributed by atoms with Gasteiger partial charge >= 0.3 is 6.09 Å². The summed E-state index contributed by atoms with van der Waals surface area (Å²) in [6, 6.07) is 6.42. The monoisotopic (exact) mass is 385 g/mol. The van der Waals surface area contributed by atoms with Crippen molar-refractivity contribution in [3.8, 4) is 5.75 Å². The number of imide groups is 1. The van der Waals surface area contributed by atoms with Gasteiger partial charge in [0.15, 0.2) is 0 Å². The molecule has 23 heavy (non-hydrogen) atoms. The van der Waals surface area contributed by atoms with Crippen molar-refractivity contribution in [2.24, 2.45) is 5.92 Å². The number of carbonyl (C=O) groups is 2. The van der Waals surface area contributed by atoms with Crippen molar-refractivity contribution in [1.82, 2.24) is 4.90 Å². The molecule has 0 aliphatic carbocycles. The molecule has 1 aromatic rings. The molecule has 1 aliphatic heterocycles. The van der Waals surface area contributed by atoms with Crippen molar-refractivity contribution in [1.29, 1.82) is 0 Å². The van der Waals surface area contributed by atoms with Gasteiger partial charge in [0.2, 0.25) is 5.91 Å². The Kier molecular flexibility index (Phi) is 5.64. The predicted octanol–water partition coefficient (Wildman–Crippen LogP) is 2.50. The van der Waals surface area contributed by atoms with Crippen LogP contribution in [0.15, 0.2) is 24.3 Å². The van der Waals surface area contributed by atoms with Gasteiger partial charge in [-0.2, -0.15) is 0 Å². The van der Waals surface area contributed by atoms with Crippen LogP contribution in [0, 0.1) is 5.92 Å². The van der Waals surface area contributed by atoms with Crippen LogP contribution in [-0.2, 0) is 9.53 Å². The van der Waals surface area contributed by atoms with Crippen LogP contribution in [0.2, 0.25) is 0 Å². The van der Waals surface area contributed by atoms with Gasteiger partial charge in [0.25, 0.3) is 0 Å². The SMILES string of the molecule is COc1ccc([C@@H](O)[C@H](Br)C(=O)N2C(=O)OC[C@@H]2C(C)C)cc1. The third-order valence-corrected chi connectivity index (χ3v) is 4.78. The lowest BCUT2D eigenvalue weighted by molar-refractivity contribution is -0.130. The van der Waals surface area contributed by atoms with Crippen molar-refractivity contribution in [2.75, 3.05) is 13.7 Å². The number of benzene rings is 1. The van der Waals surface area contributed by atoms with Gasteiger partial charge in [-0.15, -0.1) is 0 Å². The van der Waals surface area contributed by atoms with Crippen LogP contribution in [0.4, 0.5) is 4.79 Å². The van der Waals surface area contributed by atoms with Gasteiger partial charge in [0.05, 0.1) is 13.2 Å². The largest absolute Gasteiger partial charge is 0.497 e. The fourth-order valence-electron chi connectivity index (χ4n) is 2.42. The molecule has 1 aromatic carbocycles. The zero-order chi connectivity index (χ0) is 17.1. The highest BCUT2D eigenvalue weighted by atomic mass is 79.9. The first-order chi connectivity index (χ1) is 10.9. The quantitative estimate of drug-likeness (QED) is 0.787. The molecule has 126 valence electrons. The summed E-state index contributed by atoms with van der Waals surface area (Å²) in [5, 5.41) is 10.4. The predicted molar refractivity (Wildman–Crippen MR) is 87.5 cm³/mol. The van der Waals surface area contributed by atoms with E-state index in [1.54, 1.807) is 31.4 Å². The van der Waals surface area contributed by atoms with Gasteiger partial charge in [-0.3, -0.25) is 4.79 Å². The molecule has 2 rings (SSSR count). The van der Waals surface area contributed by atoms with E-state index in [-0.39, 0.29) is 18.6 Å². The third kappa shape index (κ3) is 3.67. The number of nitrogens with zero attached hydrogens (tertiary/aromatic N) is 1. The van der Waals surface area contributed by atoms with E-state index in [9.17, 15) is 14.7 Å². The zero-order valence-electron chi connectivity index (χ0n) is 13.2. The number of cyclic esters (lactones) is 1. The lowest BCUT2D eigenvalue weighted by atomic mass is 10.0. The first-order valence-electron chi connectivity index (χ1n) is 7.32. The van der Waals surface area contributed by atoms with Crippen LogP contribution in [0.25, 0.3) is 0 Å². The second-order valence-corrected chi connectivity index (χ2v) is 6.70. The van der Waals surface area contributed by atoms with E-state index in [4.69, 9.17) is 9.47 Å². The Morgan fingerprint density at radius 3 is 2.52 bits per heavy atom. The third-order valence-electron chi connectivity index (χ3n) is 3.88. The fourth-order valence-corrected chi connectivity index (χ4v) is 2.94. The number of ether oxygens (including phenoxy) is 2. The standard InChI is InChI=1S/C16H20BrNO5/c1-9(2)12-8-23-16(21)18(12)15(20)13(17)14(19)10-4-6-11(22-3)7-5-10/h4-7,9,12-14,19H,8H2,1-3H3/t12-,13+,14-/m1/s1. The summed E-state index contributed by atoms with van der Waals surface area (Å²) in [4.78, 5) is 24.6. The molecule has 1 saturated heterocycles. The molecule has 0 radical (unpaired) electrons. The zero-order valence-corrected chi connectivity index (χ0v) is 14.8. The van der Waals surface area contributed by atoms with Crippen molar-refractivity contribution >= 4 is 27.9 Å². The number of rotatable bonds is 5. The van der Waals surface area contributed by atoms with Gasteiger partial charge in [0, 0.05) is 0 Å². The lowest BCUT2D eigenvalue weighted by Crippen LogP contribution is -2.46. The summed E-state index contributed by atoms with van der Waals surface area (Å²) in [5.41, 5.74) is 0.551. The summed E-state index contributed by atoms with van der Waals surface area (Å²) in [6.07, 6.45) is -1.75. The number of aliphatic hydroxyl groups is 1. The van der Waals surface area contributed by atoms with Crippen LogP contribution in [0.5, 0.6) is 5.75 Å². The number of amides is 2. The molecule has 3 atom stereocenters. The van der Waals surface area contributed by atoms with Gasteiger partial charge < -0.3 is 14.6 Å². The van der Waals surface area contributed by atoms with Gasteiger partial charge in [-0.1, -0.05) is 41.9 Å². The average molecular weight is 386 g/mol. The summed E-state index contributed by atoms with van der Waals surface area (Å²) < 4.78 is 10.0. The summed E-state index contributed by atoms with van der Waals surface area (Å²) in [5.74, 6) is 0.221. The molecule has 0 aromatic heterocycles. The topological polar surface area (TPSA) is 76.1 Å². The molecule has 2 amide bonds. The smallest absolute Gasteiger partial charge is 0.417 e. The number of hydrogen-bond acceptors (Lipinski definition) is 5. The highest BCUT2D eigenvalue weighted by Crippen LogP contribution is 2.29. The van der Waals surface area contributed by atoms with E-state index >= 15 is 0 Å². The van der Waals surface area contributed by atoms with Crippen molar-refractivity contribution in [2.45, 2.75) is 30.8 Å². The molecule has 0 unspecified atom stereocenters. The Bertz CT molecular complexity index is 574. The fraction of sp³-hybridized carbons (Fsp3) is 0.500. The minimum absolute atomic E-state index is 0.0724. The number of aliphatic hydroxyl groups excluding tert-OH is 1. The maximum absolute atomic E-state index is 12.6. The first kappa shape index (κ1) is 17.7. The van der Waals surface area contributed by atoms with Crippen LogP contribution in [0.3, 0.4) is 0 Å². The Labute approximate surface area is 143 Å². The maximum atomic E-state index is 12.6. The van der Waals surface area contributed by atoms with Crippen LogP contribution in [0.1, 0.15) is 25.5 Å². The Balaban J connectivity index is 2.15. The summed E-state index contributed by atoms with van der Waals surface area (Å²) >= 11 is 3.21. The minimum Gasteiger partial charge on any atom is -0.497 e. The molecule has 1 fully saturated rings. The second-order valence-electron chi connectivity index (χ2n) is 5.72. The molecule has 1 heterocycles. The van der Waals surface area contributed by atoms with E-state index in [0.29, 0.717) is 11.3 Å². The minimum atomic E-state index is -1.09. The Morgan fingerprint density at radius 2 is 2.00 bits per heavy atom. The Morgan fingerprint density at radius 1 is 1.39 bits per heavy atom. The molecule has 1 N–H and O–H groups in total. The molecule has 6 nitrogen and oxygen atoms in total. The van der Waals surface area contributed by atoms with Crippen molar-refractivity contribution in [3.63, 3.8) is 0 Å². The van der Waals surface area contributed by atoms with Crippen molar-refractivity contribution < 1.29 is 24.2 Å². The Hall–Kier alpha value is -1.60. The number of methoxy groups -OCH3 is 1. The van der Waals surface area contributed by atoms with Gasteiger partial charge in [-0.05, 0) is 23.6 Å². The van der Waals surface area contributed by atoms with Crippen LogP contribution < -0.4 is 4.74 Å². The van der Waals surface area contributed by atoms with E-state index in [2.05, 4.69) is 15.9 Å². The molecule has 0 saturated carbocycles. The normalized spacial score (nSPS) is 20.3. The lowest BCUT2D eigenvalue weighted by Gasteiger charge is -2.26. The second kappa shape index (κ2) is 7.31. The highest BCUT2D eigenvalue weighted by molar-refractivity contribution is 9.10. The number of alkyl halides is 1. The summed E-state index contributed by atoms with van der Waals surface area (Å²) in [7, 11) is 1.55. The highest BCUT2D eigenvalue weighted by Gasteiger charge is 2.43. The molecule has 7 heteroatoms. The maximum Gasteiger partial charge on any atom is 0.417 e. The van der Waals surface area contributed by atoms with E-state index in [1.807, 2.05) is 13.8 Å². The van der Waals surface area contributed by atoms with Gasteiger partial charge in [-0.25, -0.2) is 9.69 Å². The molecular weight excluding hydrogens is 366 g/mol. The summed E-state index contributed by atoms with van der Waals surface area (Å²) in [6.45, 7) is 4.01. The molecule has 1 aliphatic rings.